The van der Waals surface area contributed by atoms with Gasteiger partial charge in [-0.3, -0.25) is 10.1 Å². The number of halogens is 3. The van der Waals surface area contributed by atoms with Crippen molar-refractivity contribution in [1.82, 2.24) is 9.97 Å². The Morgan fingerprint density at radius 3 is 2.52 bits per heavy atom. The molecule has 0 fully saturated rings. The lowest BCUT2D eigenvalue weighted by atomic mass is 10.3. The van der Waals surface area contributed by atoms with Crippen molar-refractivity contribution >= 4 is 38.9 Å². The Balaban J connectivity index is 2.49. The van der Waals surface area contributed by atoms with Gasteiger partial charge in [0.25, 0.3) is 0 Å². The van der Waals surface area contributed by atoms with E-state index in [-0.39, 0.29) is 21.8 Å². The standard InChI is InChI=1S/C10H7BrF2N6O2/c11-4-1-6(13)7(2-5(4)12)17-9-8(19(20)21)10(18-14)16-3-15-9/h1-3H,14H2,(H2,15,16,17,18). The molecule has 0 unspecified atom stereocenters. The van der Waals surface area contributed by atoms with Gasteiger partial charge >= 0.3 is 5.69 Å². The van der Waals surface area contributed by atoms with Crippen molar-refractivity contribution in [2.45, 2.75) is 0 Å². The van der Waals surface area contributed by atoms with Crippen LogP contribution < -0.4 is 16.6 Å². The Bertz CT molecular complexity index is 714. The van der Waals surface area contributed by atoms with Crippen LogP contribution in [-0.4, -0.2) is 14.9 Å². The van der Waals surface area contributed by atoms with Crippen molar-refractivity contribution in [1.29, 1.82) is 0 Å². The molecule has 0 amide bonds. The highest BCUT2D eigenvalue weighted by Gasteiger charge is 2.23. The lowest BCUT2D eigenvalue weighted by Crippen LogP contribution is -2.13. The van der Waals surface area contributed by atoms with Gasteiger partial charge in [0.1, 0.15) is 18.0 Å². The maximum Gasteiger partial charge on any atom is 0.354 e. The summed E-state index contributed by atoms with van der Waals surface area (Å²) in [6, 6.07) is 1.72. The molecule has 0 radical (unpaired) electrons. The number of nitrogens with one attached hydrogen (secondary N) is 2. The number of benzene rings is 1. The average molecular weight is 361 g/mol. The Morgan fingerprint density at radius 1 is 1.24 bits per heavy atom. The van der Waals surface area contributed by atoms with E-state index in [1.54, 1.807) is 0 Å². The van der Waals surface area contributed by atoms with Crippen molar-refractivity contribution < 1.29 is 13.7 Å². The number of hydrogen-bond acceptors (Lipinski definition) is 7. The largest absolute Gasteiger partial charge is 0.354 e. The van der Waals surface area contributed by atoms with E-state index in [0.717, 1.165) is 18.5 Å². The van der Waals surface area contributed by atoms with Crippen molar-refractivity contribution in [2.24, 2.45) is 5.84 Å². The molecule has 0 atom stereocenters. The van der Waals surface area contributed by atoms with Crippen molar-refractivity contribution in [3.63, 3.8) is 0 Å². The number of hydrazine groups is 1. The van der Waals surface area contributed by atoms with E-state index in [4.69, 9.17) is 5.84 Å². The van der Waals surface area contributed by atoms with Crippen molar-refractivity contribution in [3.8, 4) is 0 Å². The fraction of sp³-hybridized carbons (Fsp3) is 0. The molecule has 110 valence electrons. The quantitative estimate of drug-likeness (QED) is 0.331. The van der Waals surface area contributed by atoms with Gasteiger partial charge in [-0.05, 0) is 22.0 Å². The summed E-state index contributed by atoms with van der Waals surface area (Å²) in [6.45, 7) is 0. The molecule has 0 aliphatic rings. The number of nitro groups is 1. The molecular weight excluding hydrogens is 354 g/mol. The van der Waals surface area contributed by atoms with Gasteiger partial charge in [0.15, 0.2) is 0 Å². The third-order valence-corrected chi connectivity index (χ3v) is 3.01. The molecule has 0 saturated carbocycles. The molecular formula is C10H7BrF2N6O2. The molecule has 8 nitrogen and oxygen atoms in total. The minimum atomic E-state index is -0.821. The van der Waals surface area contributed by atoms with Gasteiger partial charge in [-0.2, -0.15) is 0 Å². The number of rotatable bonds is 4. The predicted molar refractivity (Wildman–Crippen MR) is 73.8 cm³/mol. The van der Waals surface area contributed by atoms with Gasteiger partial charge in [-0.15, -0.1) is 0 Å². The number of nitrogens with two attached hydrogens (primary N) is 1. The first-order valence-electron chi connectivity index (χ1n) is 5.31. The predicted octanol–water partition coefficient (Wildman–Crippen LogP) is 2.45. The van der Waals surface area contributed by atoms with Crippen LogP contribution in [0.2, 0.25) is 0 Å². The van der Waals surface area contributed by atoms with Crippen LogP contribution >= 0.6 is 15.9 Å². The summed E-state index contributed by atoms with van der Waals surface area (Å²) in [5.41, 5.74) is 1.12. The summed E-state index contributed by atoms with van der Waals surface area (Å²) >= 11 is 2.82. The second-order valence-corrected chi connectivity index (χ2v) is 4.55. The number of nitrogens with zero attached hydrogens (tertiary/aromatic N) is 3. The summed E-state index contributed by atoms with van der Waals surface area (Å²) in [6.07, 6.45) is 0.984. The number of anilines is 3. The zero-order valence-corrected chi connectivity index (χ0v) is 11.7. The Kier molecular flexibility index (Phi) is 4.23. The molecule has 4 N–H and O–H groups in total. The first-order chi connectivity index (χ1) is 9.93. The molecule has 0 aliphatic carbocycles. The first-order valence-corrected chi connectivity index (χ1v) is 6.11. The van der Waals surface area contributed by atoms with Crippen LogP contribution in [0.3, 0.4) is 0 Å². The molecule has 2 rings (SSSR count). The Morgan fingerprint density at radius 2 is 1.90 bits per heavy atom. The second kappa shape index (κ2) is 5.93. The maximum atomic E-state index is 13.7. The van der Waals surface area contributed by atoms with E-state index in [2.05, 4.69) is 31.2 Å². The van der Waals surface area contributed by atoms with Crippen LogP contribution in [-0.2, 0) is 0 Å². The van der Waals surface area contributed by atoms with Gasteiger partial charge in [-0.25, -0.2) is 24.6 Å². The van der Waals surface area contributed by atoms with E-state index in [0.29, 0.717) is 0 Å². The number of aromatic nitrogens is 2. The molecule has 0 bridgehead atoms. The van der Waals surface area contributed by atoms with Gasteiger partial charge in [0.05, 0.1) is 15.1 Å². The molecule has 1 heterocycles. The maximum absolute atomic E-state index is 13.7. The van der Waals surface area contributed by atoms with E-state index >= 15 is 0 Å². The number of hydrogen-bond donors (Lipinski definition) is 3. The van der Waals surface area contributed by atoms with Gasteiger partial charge in [0, 0.05) is 6.07 Å². The second-order valence-electron chi connectivity index (χ2n) is 3.69. The summed E-state index contributed by atoms with van der Waals surface area (Å²) < 4.78 is 27.1. The molecule has 0 spiro atoms. The monoisotopic (exact) mass is 360 g/mol. The highest BCUT2D eigenvalue weighted by molar-refractivity contribution is 9.10. The molecule has 1 aromatic carbocycles. The van der Waals surface area contributed by atoms with E-state index in [9.17, 15) is 18.9 Å². The molecule has 11 heteroatoms. The van der Waals surface area contributed by atoms with E-state index < -0.39 is 22.2 Å². The molecule has 21 heavy (non-hydrogen) atoms. The van der Waals surface area contributed by atoms with Gasteiger partial charge in [-0.1, -0.05) is 0 Å². The Hall–Kier alpha value is -2.40. The molecule has 2 aromatic rings. The van der Waals surface area contributed by atoms with E-state index in [1.165, 1.54) is 0 Å². The lowest BCUT2D eigenvalue weighted by Gasteiger charge is -2.09. The lowest BCUT2D eigenvalue weighted by molar-refractivity contribution is -0.383. The van der Waals surface area contributed by atoms with Crippen LogP contribution in [0.5, 0.6) is 0 Å². The molecule has 0 aliphatic heterocycles. The molecule has 0 saturated heterocycles. The third kappa shape index (κ3) is 3.03. The van der Waals surface area contributed by atoms with Crippen LogP contribution in [0, 0.1) is 21.7 Å². The van der Waals surface area contributed by atoms with Crippen molar-refractivity contribution in [3.05, 3.63) is 44.7 Å². The van der Waals surface area contributed by atoms with Gasteiger partial charge in [0.2, 0.25) is 11.6 Å². The third-order valence-electron chi connectivity index (χ3n) is 2.40. The first kappa shape index (κ1) is 15.0. The summed E-state index contributed by atoms with van der Waals surface area (Å²) in [5.74, 6) is 2.95. The summed E-state index contributed by atoms with van der Waals surface area (Å²) in [7, 11) is 0. The topological polar surface area (TPSA) is 119 Å². The normalized spacial score (nSPS) is 10.3. The number of nitrogen functional groups attached to an aromatic ring is 1. The zero-order chi connectivity index (χ0) is 15.6. The highest BCUT2D eigenvalue weighted by Crippen LogP contribution is 2.32. The highest BCUT2D eigenvalue weighted by atomic mass is 79.9. The Labute approximate surface area is 124 Å². The van der Waals surface area contributed by atoms with Crippen LogP contribution in [0.15, 0.2) is 22.9 Å². The van der Waals surface area contributed by atoms with Gasteiger partial charge < -0.3 is 10.7 Å². The minimum absolute atomic E-state index is 0.0768. The zero-order valence-electron chi connectivity index (χ0n) is 10.1. The smallest absolute Gasteiger partial charge is 0.332 e. The average Bonchev–Trinajstić information content (AvgIpc) is 2.44. The fourth-order valence-electron chi connectivity index (χ4n) is 1.49. The summed E-state index contributed by atoms with van der Waals surface area (Å²) in [4.78, 5) is 17.4. The van der Waals surface area contributed by atoms with E-state index in [1.807, 2.05) is 5.43 Å². The van der Waals surface area contributed by atoms with Crippen LogP contribution in [0.1, 0.15) is 0 Å². The van der Waals surface area contributed by atoms with Crippen LogP contribution in [0.4, 0.5) is 31.8 Å². The SMILES string of the molecule is NNc1ncnc(Nc2cc(F)c(Br)cc2F)c1[N+](=O)[O-]. The minimum Gasteiger partial charge on any atom is -0.332 e. The fourth-order valence-corrected chi connectivity index (χ4v) is 1.81. The van der Waals surface area contributed by atoms with Crippen molar-refractivity contribution in [2.75, 3.05) is 10.7 Å². The molecule has 1 aromatic heterocycles. The summed E-state index contributed by atoms with van der Waals surface area (Å²) in [5, 5.41) is 13.4. The van der Waals surface area contributed by atoms with Crippen LogP contribution in [0.25, 0.3) is 0 Å².